The van der Waals surface area contributed by atoms with E-state index in [1.807, 2.05) is 6.07 Å². The van der Waals surface area contributed by atoms with Crippen molar-refractivity contribution in [2.45, 2.75) is 6.10 Å². The number of nitrogens with zero attached hydrogens (tertiary/aromatic N) is 1. The van der Waals surface area contributed by atoms with Crippen LogP contribution < -0.4 is 0 Å². The van der Waals surface area contributed by atoms with Gasteiger partial charge in [0.25, 0.3) is 0 Å². The smallest absolute Gasteiger partial charge is 0.141 e. The SMILES string of the molecule is N#Cc1ccc(C(O)c2ccccc2)cc1F. The van der Waals surface area contributed by atoms with Gasteiger partial charge in [-0.1, -0.05) is 36.4 Å². The average Bonchev–Trinajstić information content (AvgIpc) is 2.39. The van der Waals surface area contributed by atoms with Crippen LogP contribution in [0.15, 0.2) is 48.5 Å². The van der Waals surface area contributed by atoms with E-state index in [2.05, 4.69) is 0 Å². The number of aliphatic hydroxyl groups excluding tert-OH is 1. The molecule has 17 heavy (non-hydrogen) atoms. The molecule has 2 rings (SSSR count). The van der Waals surface area contributed by atoms with Crippen LogP contribution in [0.25, 0.3) is 0 Å². The molecule has 2 aromatic carbocycles. The monoisotopic (exact) mass is 227 g/mol. The van der Waals surface area contributed by atoms with E-state index in [0.29, 0.717) is 11.1 Å². The van der Waals surface area contributed by atoms with Crippen molar-refractivity contribution in [3.05, 3.63) is 71.0 Å². The van der Waals surface area contributed by atoms with Crippen molar-refractivity contribution in [1.82, 2.24) is 0 Å². The van der Waals surface area contributed by atoms with Gasteiger partial charge >= 0.3 is 0 Å². The summed E-state index contributed by atoms with van der Waals surface area (Å²) in [5.74, 6) is -0.611. The van der Waals surface area contributed by atoms with E-state index in [9.17, 15) is 9.50 Å². The topological polar surface area (TPSA) is 44.0 Å². The second-order valence-corrected chi connectivity index (χ2v) is 3.66. The van der Waals surface area contributed by atoms with Crippen LogP contribution in [0.4, 0.5) is 4.39 Å². The van der Waals surface area contributed by atoms with Crippen LogP contribution in [0.3, 0.4) is 0 Å². The molecular formula is C14H10FNO. The molecule has 2 nitrogen and oxygen atoms in total. The molecule has 1 atom stereocenters. The highest BCUT2D eigenvalue weighted by Gasteiger charge is 2.12. The molecule has 3 heteroatoms. The maximum atomic E-state index is 13.4. The second kappa shape index (κ2) is 4.77. The van der Waals surface area contributed by atoms with Crippen LogP contribution in [-0.4, -0.2) is 5.11 Å². The predicted molar refractivity (Wildman–Crippen MR) is 61.6 cm³/mol. The molecule has 0 aromatic heterocycles. The molecule has 0 spiro atoms. The molecule has 0 bridgehead atoms. The molecule has 0 saturated heterocycles. The molecule has 0 radical (unpaired) electrons. The first-order valence-electron chi connectivity index (χ1n) is 5.15. The summed E-state index contributed by atoms with van der Waals surface area (Å²) >= 11 is 0. The number of hydrogen-bond acceptors (Lipinski definition) is 2. The summed E-state index contributed by atoms with van der Waals surface area (Å²) in [6, 6.07) is 14.8. The van der Waals surface area contributed by atoms with Gasteiger partial charge in [0.1, 0.15) is 18.0 Å². The minimum Gasteiger partial charge on any atom is -0.384 e. The molecule has 0 amide bonds. The van der Waals surface area contributed by atoms with Gasteiger partial charge in [-0.05, 0) is 23.3 Å². The first kappa shape index (κ1) is 11.3. The predicted octanol–water partition coefficient (Wildman–Crippen LogP) is 2.78. The number of nitriles is 1. The van der Waals surface area contributed by atoms with Gasteiger partial charge in [0.2, 0.25) is 0 Å². The molecule has 1 unspecified atom stereocenters. The second-order valence-electron chi connectivity index (χ2n) is 3.66. The zero-order valence-electron chi connectivity index (χ0n) is 8.97. The highest BCUT2D eigenvalue weighted by Crippen LogP contribution is 2.23. The maximum absolute atomic E-state index is 13.4. The van der Waals surface area contributed by atoms with E-state index < -0.39 is 11.9 Å². The van der Waals surface area contributed by atoms with Gasteiger partial charge < -0.3 is 5.11 Å². The van der Waals surface area contributed by atoms with Gasteiger partial charge in [-0.3, -0.25) is 0 Å². The molecule has 1 N–H and O–H groups in total. The van der Waals surface area contributed by atoms with Crippen LogP contribution in [0.5, 0.6) is 0 Å². The van der Waals surface area contributed by atoms with Crippen LogP contribution in [-0.2, 0) is 0 Å². The zero-order valence-corrected chi connectivity index (χ0v) is 8.97. The van der Waals surface area contributed by atoms with Gasteiger partial charge in [0.15, 0.2) is 0 Å². The third-order valence-electron chi connectivity index (χ3n) is 2.54. The number of benzene rings is 2. The standard InChI is InChI=1S/C14H10FNO/c15-13-8-11(6-7-12(13)9-16)14(17)10-4-2-1-3-5-10/h1-8,14,17H. The Morgan fingerprint density at radius 3 is 2.35 bits per heavy atom. The summed E-state index contributed by atoms with van der Waals surface area (Å²) in [5, 5.41) is 18.6. The Labute approximate surface area is 98.6 Å². The average molecular weight is 227 g/mol. The molecule has 2 aromatic rings. The molecule has 0 fully saturated rings. The molecule has 0 saturated carbocycles. The number of hydrogen-bond donors (Lipinski definition) is 1. The van der Waals surface area contributed by atoms with Crippen molar-refractivity contribution in [3.8, 4) is 6.07 Å². The lowest BCUT2D eigenvalue weighted by Crippen LogP contribution is -2.00. The third kappa shape index (κ3) is 2.32. The van der Waals surface area contributed by atoms with Crippen LogP contribution in [0.1, 0.15) is 22.8 Å². The molecule has 0 heterocycles. The summed E-state index contributed by atoms with van der Waals surface area (Å²) in [6.45, 7) is 0. The molecule has 0 aliphatic heterocycles. The Hall–Kier alpha value is -2.18. The number of rotatable bonds is 2. The molecule has 0 aliphatic carbocycles. The van der Waals surface area contributed by atoms with E-state index in [-0.39, 0.29) is 5.56 Å². The van der Waals surface area contributed by atoms with Crippen molar-refractivity contribution >= 4 is 0 Å². The fraction of sp³-hybridized carbons (Fsp3) is 0.0714. The Balaban J connectivity index is 2.36. The summed E-state index contributed by atoms with van der Waals surface area (Å²) in [7, 11) is 0. The van der Waals surface area contributed by atoms with E-state index in [4.69, 9.17) is 5.26 Å². The van der Waals surface area contributed by atoms with E-state index in [0.717, 1.165) is 0 Å². The Kier molecular flexibility index (Phi) is 3.17. The lowest BCUT2D eigenvalue weighted by molar-refractivity contribution is 0.220. The lowest BCUT2D eigenvalue weighted by Gasteiger charge is -2.11. The van der Waals surface area contributed by atoms with Crippen molar-refractivity contribution in [1.29, 1.82) is 5.26 Å². The molecule has 0 aliphatic rings. The van der Waals surface area contributed by atoms with Crippen LogP contribution in [0, 0.1) is 17.1 Å². The quantitative estimate of drug-likeness (QED) is 0.857. The van der Waals surface area contributed by atoms with E-state index in [1.165, 1.54) is 12.1 Å². The third-order valence-corrected chi connectivity index (χ3v) is 2.54. The fourth-order valence-electron chi connectivity index (χ4n) is 1.62. The van der Waals surface area contributed by atoms with Crippen LogP contribution in [0.2, 0.25) is 0 Å². The largest absolute Gasteiger partial charge is 0.384 e. The maximum Gasteiger partial charge on any atom is 0.141 e. The van der Waals surface area contributed by atoms with Crippen molar-refractivity contribution in [2.75, 3.05) is 0 Å². The minimum absolute atomic E-state index is 0.0194. The number of halogens is 1. The van der Waals surface area contributed by atoms with Gasteiger partial charge in [0.05, 0.1) is 5.56 Å². The van der Waals surface area contributed by atoms with E-state index >= 15 is 0 Å². The first-order valence-corrected chi connectivity index (χ1v) is 5.15. The normalized spacial score (nSPS) is 11.8. The van der Waals surface area contributed by atoms with Gasteiger partial charge in [-0.2, -0.15) is 5.26 Å². The Morgan fingerprint density at radius 1 is 1.06 bits per heavy atom. The summed E-state index contributed by atoms with van der Waals surface area (Å²) < 4.78 is 13.4. The summed E-state index contributed by atoms with van der Waals surface area (Å²) in [6.07, 6.45) is -0.876. The van der Waals surface area contributed by atoms with Gasteiger partial charge in [-0.25, -0.2) is 4.39 Å². The first-order chi connectivity index (χ1) is 8.22. The highest BCUT2D eigenvalue weighted by atomic mass is 19.1. The van der Waals surface area contributed by atoms with Crippen molar-refractivity contribution < 1.29 is 9.50 Å². The Bertz CT molecular complexity index is 560. The zero-order chi connectivity index (χ0) is 12.3. The summed E-state index contributed by atoms with van der Waals surface area (Å²) in [4.78, 5) is 0. The van der Waals surface area contributed by atoms with Gasteiger partial charge in [0, 0.05) is 0 Å². The van der Waals surface area contributed by atoms with Crippen LogP contribution >= 0.6 is 0 Å². The van der Waals surface area contributed by atoms with Crippen molar-refractivity contribution in [3.63, 3.8) is 0 Å². The summed E-state index contributed by atoms with van der Waals surface area (Å²) in [5.41, 5.74) is 1.11. The lowest BCUT2D eigenvalue weighted by atomic mass is 10.0. The van der Waals surface area contributed by atoms with Crippen molar-refractivity contribution in [2.24, 2.45) is 0 Å². The van der Waals surface area contributed by atoms with Gasteiger partial charge in [-0.15, -0.1) is 0 Å². The highest BCUT2D eigenvalue weighted by molar-refractivity contribution is 5.37. The molecule has 84 valence electrons. The Morgan fingerprint density at radius 2 is 1.76 bits per heavy atom. The minimum atomic E-state index is -0.876. The van der Waals surface area contributed by atoms with E-state index in [1.54, 1.807) is 36.4 Å². The fourth-order valence-corrected chi connectivity index (χ4v) is 1.62. The molecular weight excluding hydrogens is 217 g/mol. The number of aliphatic hydroxyl groups is 1.